The minimum atomic E-state index is -1.02. The lowest BCUT2D eigenvalue weighted by Crippen LogP contribution is -2.45. The van der Waals surface area contributed by atoms with Crippen molar-refractivity contribution in [3.05, 3.63) is 108 Å². The first kappa shape index (κ1) is 25.5. The molecule has 0 unspecified atom stereocenters. The normalized spacial score (nSPS) is 22.9. The Kier molecular flexibility index (Phi) is 8.11. The second-order valence-corrected chi connectivity index (χ2v) is 10.2. The van der Waals surface area contributed by atoms with Crippen LogP contribution in [0.15, 0.2) is 101 Å². The summed E-state index contributed by atoms with van der Waals surface area (Å²) < 4.78 is 5.72. The molecule has 0 aliphatic heterocycles. The van der Waals surface area contributed by atoms with Gasteiger partial charge in [0.15, 0.2) is 0 Å². The Morgan fingerprint density at radius 1 is 0.944 bits per heavy atom. The molecule has 0 amide bonds. The predicted octanol–water partition coefficient (Wildman–Crippen LogP) is 6.02. The van der Waals surface area contributed by atoms with Crippen LogP contribution < -0.4 is 0 Å². The van der Waals surface area contributed by atoms with E-state index < -0.39 is 11.5 Å². The van der Waals surface area contributed by atoms with Crippen molar-refractivity contribution in [1.82, 2.24) is 0 Å². The summed E-state index contributed by atoms with van der Waals surface area (Å²) in [7, 11) is 0. The molecule has 186 valence electrons. The Balaban J connectivity index is 1.81. The van der Waals surface area contributed by atoms with Crippen molar-refractivity contribution < 1.29 is 14.6 Å². The number of hydrogen-bond acceptors (Lipinski definition) is 5. The molecule has 1 aliphatic carbocycles. The highest BCUT2D eigenvalue weighted by Gasteiger charge is 2.45. The van der Waals surface area contributed by atoms with Gasteiger partial charge in [-0.05, 0) is 24.8 Å². The van der Waals surface area contributed by atoms with Gasteiger partial charge in [-0.2, -0.15) is 5.10 Å². The van der Waals surface area contributed by atoms with Crippen molar-refractivity contribution >= 4 is 17.4 Å². The summed E-state index contributed by atoms with van der Waals surface area (Å²) in [4.78, 5) is 13.5. The average Bonchev–Trinajstić information content (AvgIpc) is 2.88. The van der Waals surface area contributed by atoms with Gasteiger partial charge in [0.25, 0.3) is 0 Å². The maximum absolute atomic E-state index is 13.5. The van der Waals surface area contributed by atoms with Crippen molar-refractivity contribution in [2.24, 2.45) is 22.0 Å². The van der Waals surface area contributed by atoms with Crippen LogP contribution in [-0.2, 0) is 9.53 Å². The number of nitrogens with zero attached hydrogens (tertiary/aromatic N) is 2. The summed E-state index contributed by atoms with van der Waals surface area (Å²) >= 11 is 0. The summed E-state index contributed by atoms with van der Waals surface area (Å²) in [6.45, 7) is 6.16. The zero-order valence-corrected chi connectivity index (χ0v) is 21.2. The number of esters is 1. The Bertz CT molecular complexity index is 1160. The van der Waals surface area contributed by atoms with E-state index in [0.29, 0.717) is 24.5 Å². The minimum Gasteiger partial charge on any atom is -0.465 e. The summed E-state index contributed by atoms with van der Waals surface area (Å²) in [6, 6.07) is 29.6. The maximum atomic E-state index is 13.5. The van der Waals surface area contributed by atoms with Crippen LogP contribution in [0.4, 0.5) is 0 Å². The van der Waals surface area contributed by atoms with Crippen molar-refractivity contribution in [3.63, 3.8) is 0 Å². The van der Waals surface area contributed by atoms with E-state index >= 15 is 0 Å². The van der Waals surface area contributed by atoms with Gasteiger partial charge in [-0.25, -0.2) is 0 Å². The van der Waals surface area contributed by atoms with Gasteiger partial charge in [0, 0.05) is 23.5 Å². The van der Waals surface area contributed by atoms with Gasteiger partial charge in [-0.1, -0.05) is 105 Å². The number of carbonyl (C=O) groups is 1. The van der Waals surface area contributed by atoms with Crippen molar-refractivity contribution in [2.45, 2.75) is 45.1 Å². The molecule has 0 bridgehead atoms. The third-order valence-corrected chi connectivity index (χ3v) is 6.40. The monoisotopic (exact) mass is 482 g/mol. The molecule has 5 nitrogen and oxygen atoms in total. The van der Waals surface area contributed by atoms with Crippen LogP contribution in [0.5, 0.6) is 0 Å². The molecule has 0 saturated heterocycles. The average molecular weight is 483 g/mol. The molecule has 0 spiro atoms. The predicted molar refractivity (Wildman–Crippen MR) is 144 cm³/mol. The van der Waals surface area contributed by atoms with E-state index in [2.05, 4.69) is 5.10 Å². The van der Waals surface area contributed by atoms with Crippen LogP contribution in [0.25, 0.3) is 0 Å². The first-order valence-electron chi connectivity index (χ1n) is 12.5. The van der Waals surface area contributed by atoms with Gasteiger partial charge < -0.3 is 9.84 Å². The highest BCUT2D eigenvalue weighted by atomic mass is 16.5. The van der Waals surface area contributed by atoms with E-state index in [1.165, 1.54) is 0 Å². The third-order valence-electron chi connectivity index (χ3n) is 6.40. The number of hydrogen-bond donors (Lipinski definition) is 1. The van der Waals surface area contributed by atoms with Crippen molar-refractivity contribution in [1.29, 1.82) is 0 Å². The topological polar surface area (TPSA) is 71.2 Å². The third kappa shape index (κ3) is 6.35. The van der Waals surface area contributed by atoms with Crippen molar-refractivity contribution in [3.8, 4) is 0 Å². The number of aliphatic hydroxyl groups is 1. The van der Waals surface area contributed by atoms with Gasteiger partial charge >= 0.3 is 5.97 Å². The Labute approximate surface area is 213 Å². The summed E-state index contributed by atoms with van der Waals surface area (Å²) in [5.41, 5.74) is 3.05. The highest BCUT2D eigenvalue weighted by Crippen LogP contribution is 2.42. The Hall–Kier alpha value is -3.57. The van der Waals surface area contributed by atoms with E-state index in [9.17, 15) is 9.90 Å². The molecule has 1 aliphatic rings. The van der Waals surface area contributed by atoms with Gasteiger partial charge in [0.05, 0.1) is 17.9 Å². The van der Waals surface area contributed by atoms with E-state index in [4.69, 9.17) is 9.84 Å². The fourth-order valence-electron chi connectivity index (χ4n) is 4.73. The molecular formula is C31H34N2O3. The second-order valence-electron chi connectivity index (χ2n) is 10.2. The Morgan fingerprint density at radius 3 is 2.00 bits per heavy atom. The van der Waals surface area contributed by atoms with Gasteiger partial charge in [0.2, 0.25) is 0 Å². The van der Waals surface area contributed by atoms with Crippen LogP contribution in [0.2, 0.25) is 0 Å². The summed E-state index contributed by atoms with van der Waals surface area (Å²) in [5, 5.41) is 20.6. The molecule has 0 radical (unpaired) electrons. The molecule has 1 N–H and O–H groups in total. The maximum Gasteiger partial charge on any atom is 0.315 e. The Morgan fingerprint density at radius 2 is 1.47 bits per heavy atom. The lowest BCUT2D eigenvalue weighted by molar-refractivity contribution is -0.149. The molecule has 3 aromatic carbocycles. The zero-order valence-electron chi connectivity index (χ0n) is 21.2. The van der Waals surface area contributed by atoms with Crippen LogP contribution in [-0.4, -0.2) is 34.7 Å². The molecule has 1 saturated carbocycles. The first-order valence-corrected chi connectivity index (χ1v) is 12.5. The van der Waals surface area contributed by atoms with E-state index in [1.54, 1.807) is 6.92 Å². The number of benzene rings is 3. The largest absolute Gasteiger partial charge is 0.465 e. The van der Waals surface area contributed by atoms with Crippen molar-refractivity contribution in [2.75, 3.05) is 6.61 Å². The van der Waals surface area contributed by atoms with E-state index in [0.717, 1.165) is 16.7 Å². The molecule has 0 aromatic heterocycles. The fourth-order valence-corrected chi connectivity index (χ4v) is 4.73. The molecule has 3 aromatic rings. The zero-order chi connectivity index (χ0) is 25.5. The minimum absolute atomic E-state index is 0.219. The van der Waals surface area contributed by atoms with Crippen LogP contribution >= 0.6 is 0 Å². The smallest absolute Gasteiger partial charge is 0.315 e. The molecule has 36 heavy (non-hydrogen) atoms. The molecular weight excluding hydrogens is 448 g/mol. The first-order chi connectivity index (χ1) is 17.3. The van der Waals surface area contributed by atoms with Gasteiger partial charge in [-0.15, -0.1) is 5.10 Å². The molecule has 1 fully saturated rings. The molecule has 3 atom stereocenters. The molecule has 0 heterocycles. The van der Waals surface area contributed by atoms with Gasteiger partial charge in [0.1, 0.15) is 11.6 Å². The van der Waals surface area contributed by atoms with Gasteiger partial charge in [-0.3, -0.25) is 4.79 Å². The SMILES string of the molecule is CC(C)COC(=O)[C@@H]1/C(=N\N=C(c2ccccc2)c2ccccc2)C[C@](C)(O)C[C@H]1c1ccccc1. The van der Waals surface area contributed by atoms with Crippen LogP contribution in [0.1, 0.15) is 56.2 Å². The van der Waals surface area contributed by atoms with Crippen LogP contribution in [0, 0.1) is 11.8 Å². The summed E-state index contributed by atoms with van der Waals surface area (Å²) in [6.07, 6.45) is 0.684. The van der Waals surface area contributed by atoms with E-state index in [1.807, 2.05) is 105 Å². The quantitative estimate of drug-likeness (QED) is 0.254. The van der Waals surface area contributed by atoms with E-state index in [-0.39, 0.29) is 24.2 Å². The second kappa shape index (κ2) is 11.4. The number of ether oxygens (including phenoxy) is 1. The fraction of sp³-hybridized carbons (Fsp3) is 0.323. The standard InChI is InChI=1S/C31H34N2O3/c1-22(2)21-36-30(34)28-26(23-13-7-4-8-14-23)19-31(3,35)20-27(28)32-33-29(24-15-9-5-10-16-24)25-17-11-6-12-18-25/h4-18,22,26,28,35H,19-21H2,1-3H3/b32-27-/t26-,28-,31+/m0/s1. The summed E-state index contributed by atoms with van der Waals surface area (Å²) in [5.74, 6) is -0.983. The number of carbonyl (C=O) groups excluding carboxylic acids is 1. The lowest BCUT2D eigenvalue weighted by Gasteiger charge is -2.39. The molecule has 4 rings (SSSR count). The lowest BCUT2D eigenvalue weighted by atomic mass is 9.68. The highest BCUT2D eigenvalue weighted by molar-refractivity contribution is 6.13. The molecule has 5 heteroatoms. The van der Waals surface area contributed by atoms with Crippen LogP contribution in [0.3, 0.4) is 0 Å². The number of rotatable bonds is 7.